The summed E-state index contributed by atoms with van der Waals surface area (Å²) in [6.07, 6.45) is 8.86. The summed E-state index contributed by atoms with van der Waals surface area (Å²) in [5.41, 5.74) is 2.06. The van der Waals surface area contributed by atoms with Crippen LogP contribution in [0.1, 0.15) is 57.9 Å². The Kier molecular flexibility index (Phi) is 6.05. The van der Waals surface area contributed by atoms with Crippen molar-refractivity contribution < 1.29 is 9.59 Å². The minimum atomic E-state index is -0.0213. The summed E-state index contributed by atoms with van der Waals surface area (Å²) in [4.78, 5) is 33.9. The maximum Gasteiger partial charge on any atom is 0.263 e. The van der Waals surface area contributed by atoms with E-state index in [0.29, 0.717) is 6.54 Å². The predicted octanol–water partition coefficient (Wildman–Crippen LogP) is 3.58. The van der Waals surface area contributed by atoms with Crippen LogP contribution < -0.4 is 5.32 Å². The van der Waals surface area contributed by atoms with Crippen molar-refractivity contribution in [1.82, 2.24) is 15.2 Å². The highest BCUT2D eigenvalue weighted by molar-refractivity contribution is 7.14. The first-order chi connectivity index (χ1) is 13.7. The summed E-state index contributed by atoms with van der Waals surface area (Å²) in [6, 6.07) is 7.76. The molecule has 0 bridgehead atoms. The predicted molar refractivity (Wildman–Crippen MR) is 110 cm³/mol. The molecule has 2 amide bonds. The Bertz CT molecular complexity index is 826. The topological polar surface area (TPSA) is 62.3 Å². The lowest BCUT2D eigenvalue weighted by Gasteiger charge is -2.21. The summed E-state index contributed by atoms with van der Waals surface area (Å²) in [7, 11) is 0. The minimum absolute atomic E-state index is 0.0213. The molecule has 1 aliphatic heterocycles. The van der Waals surface area contributed by atoms with Crippen molar-refractivity contribution >= 4 is 23.2 Å². The van der Waals surface area contributed by atoms with Crippen LogP contribution in [-0.2, 0) is 24.2 Å². The number of pyridine rings is 1. The van der Waals surface area contributed by atoms with Crippen LogP contribution >= 0.6 is 11.3 Å². The molecule has 3 heterocycles. The lowest BCUT2D eigenvalue weighted by molar-refractivity contribution is -0.125. The van der Waals surface area contributed by atoms with Crippen LogP contribution in [0.25, 0.3) is 0 Å². The largest absolute Gasteiger partial charge is 0.350 e. The molecule has 2 aromatic heterocycles. The molecule has 6 heteroatoms. The number of thiophene rings is 1. The van der Waals surface area contributed by atoms with E-state index in [1.807, 2.05) is 29.2 Å². The Hall–Kier alpha value is -2.21. The van der Waals surface area contributed by atoms with E-state index in [-0.39, 0.29) is 17.7 Å². The Morgan fingerprint density at radius 3 is 2.75 bits per heavy atom. The minimum Gasteiger partial charge on any atom is -0.350 e. The van der Waals surface area contributed by atoms with Crippen molar-refractivity contribution in [1.29, 1.82) is 0 Å². The van der Waals surface area contributed by atoms with Crippen molar-refractivity contribution in [2.75, 3.05) is 13.1 Å². The van der Waals surface area contributed by atoms with Crippen molar-refractivity contribution in [3.05, 3.63) is 51.5 Å². The number of aromatic nitrogens is 1. The van der Waals surface area contributed by atoms with E-state index in [2.05, 4.69) is 10.3 Å². The van der Waals surface area contributed by atoms with Gasteiger partial charge in [0, 0.05) is 30.1 Å². The summed E-state index contributed by atoms with van der Waals surface area (Å²) in [6.45, 7) is 2.21. The first-order valence-electron chi connectivity index (χ1n) is 10.3. The molecular weight excluding hydrogens is 370 g/mol. The van der Waals surface area contributed by atoms with Gasteiger partial charge in [0.1, 0.15) is 0 Å². The number of hydrogen-bond donors (Lipinski definition) is 1. The van der Waals surface area contributed by atoms with Crippen LogP contribution in [0.4, 0.5) is 0 Å². The second kappa shape index (κ2) is 8.86. The van der Waals surface area contributed by atoms with Gasteiger partial charge in [-0.1, -0.05) is 18.9 Å². The zero-order chi connectivity index (χ0) is 19.3. The molecule has 0 unspecified atom stereocenters. The number of nitrogens with zero attached hydrogens (tertiary/aromatic N) is 2. The van der Waals surface area contributed by atoms with Crippen LogP contribution in [0.2, 0.25) is 0 Å². The second-order valence-electron chi connectivity index (χ2n) is 7.74. The van der Waals surface area contributed by atoms with Crippen molar-refractivity contribution in [3.8, 4) is 0 Å². The molecule has 0 spiro atoms. The third-order valence-electron chi connectivity index (χ3n) is 5.73. The van der Waals surface area contributed by atoms with E-state index in [9.17, 15) is 9.59 Å². The molecule has 1 aliphatic carbocycles. The summed E-state index contributed by atoms with van der Waals surface area (Å²) in [5.74, 6) is 0.243. The molecule has 28 heavy (non-hydrogen) atoms. The number of fused-ring (bicyclic) bond motifs is 1. The summed E-state index contributed by atoms with van der Waals surface area (Å²) in [5, 5.41) is 3.01. The molecule has 4 rings (SSSR count). The van der Waals surface area contributed by atoms with Gasteiger partial charge in [-0.05, 0) is 55.9 Å². The average molecular weight is 398 g/mol. The van der Waals surface area contributed by atoms with E-state index in [4.69, 9.17) is 0 Å². The Balaban J connectivity index is 1.37. The lowest BCUT2D eigenvalue weighted by atomic mass is 9.87. The normalized spacial score (nSPS) is 19.6. The number of amides is 2. The molecule has 5 nitrogen and oxygen atoms in total. The number of carbonyl (C=O) groups excluding carboxylic acids is 2. The van der Waals surface area contributed by atoms with Crippen molar-refractivity contribution in [2.24, 2.45) is 5.92 Å². The van der Waals surface area contributed by atoms with Gasteiger partial charge in [0.05, 0.1) is 17.1 Å². The van der Waals surface area contributed by atoms with E-state index in [1.54, 1.807) is 17.5 Å². The highest BCUT2D eigenvalue weighted by atomic mass is 32.1. The number of likely N-dealkylation sites (tertiary alicyclic amines) is 1. The molecule has 2 aromatic rings. The van der Waals surface area contributed by atoms with Crippen molar-refractivity contribution in [3.63, 3.8) is 0 Å². The molecule has 148 valence electrons. The van der Waals surface area contributed by atoms with Gasteiger partial charge in [-0.15, -0.1) is 11.3 Å². The number of carbonyl (C=O) groups is 2. The Morgan fingerprint density at radius 1 is 1.18 bits per heavy atom. The number of nitrogens with one attached hydrogen (secondary N) is 1. The van der Waals surface area contributed by atoms with Crippen LogP contribution in [-0.4, -0.2) is 34.8 Å². The lowest BCUT2D eigenvalue weighted by Crippen LogP contribution is -2.33. The van der Waals surface area contributed by atoms with Gasteiger partial charge in [0.25, 0.3) is 5.91 Å². The monoisotopic (exact) mass is 397 g/mol. The third-order valence-corrected chi connectivity index (χ3v) is 6.95. The van der Waals surface area contributed by atoms with Gasteiger partial charge in [-0.3, -0.25) is 14.6 Å². The van der Waals surface area contributed by atoms with E-state index >= 15 is 0 Å². The first kappa shape index (κ1) is 19.1. The van der Waals surface area contributed by atoms with Crippen LogP contribution in [0, 0.1) is 5.92 Å². The average Bonchev–Trinajstić information content (AvgIpc) is 2.97. The quantitative estimate of drug-likeness (QED) is 0.858. The Morgan fingerprint density at radius 2 is 2.00 bits per heavy atom. The molecule has 0 radical (unpaired) electrons. The zero-order valence-electron chi connectivity index (χ0n) is 16.2. The van der Waals surface area contributed by atoms with Gasteiger partial charge < -0.3 is 10.2 Å². The maximum atomic E-state index is 12.9. The third kappa shape index (κ3) is 4.43. The smallest absolute Gasteiger partial charge is 0.263 e. The van der Waals surface area contributed by atoms with E-state index in [1.165, 1.54) is 23.3 Å². The van der Waals surface area contributed by atoms with Gasteiger partial charge in [0.2, 0.25) is 5.91 Å². The number of aryl methyl sites for hydroxylation is 1. The summed E-state index contributed by atoms with van der Waals surface area (Å²) < 4.78 is 0. The Labute approximate surface area is 170 Å². The molecule has 1 fully saturated rings. The van der Waals surface area contributed by atoms with E-state index in [0.717, 1.165) is 55.8 Å². The van der Waals surface area contributed by atoms with Crippen molar-refractivity contribution in [2.45, 2.75) is 51.5 Å². The second-order valence-corrected chi connectivity index (χ2v) is 8.88. The fraction of sp³-hybridized carbons (Fsp3) is 0.500. The highest BCUT2D eigenvalue weighted by Gasteiger charge is 2.28. The molecule has 0 saturated carbocycles. The number of rotatable bonds is 4. The maximum absolute atomic E-state index is 12.9. The SMILES string of the molecule is O=C(NCc1ccccn1)[C@@H]1CCc2sc(C(=O)N3CCCCCC3)cc2C1. The van der Waals surface area contributed by atoms with Gasteiger partial charge >= 0.3 is 0 Å². The molecule has 2 aliphatic rings. The van der Waals surface area contributed by atoms with Crippen LogP contribution in [0.3, 0.4) is 0 Å². The molecule has 1 saturated heterocycles. The van der Waals surface area contributed by atoms with Crippen LogP contribution in [0.15, 0.2) is 30.5 Å². The van der Waals surface area contributed by atoms with Crippen LogP contribution in [0.5, 0.6) is 0 Å². The van der Waals surface area contributed by atoms with Gasteiger partial charge in [-0.2, -0.15) is 0 Å². The molecule has 1 atom stereocenters. The molecule has 1 N–H and O–H groups in total. The zero-order valence-corrected chi connectivity index (χ0v) is 17.0. The fourth-order valence-corrected chi connectivity index (χ4v) is 5.28. The number of hydrogen-bond acceptors (Lipinski definition) is 4. The molecule has 0 aromatic carbocycles. The summed E-state index contributed by atoms with van der Waals surface area (Å²) >= 11 is 1.63. The molecular formula is C22H27N3O2S. The standard InChI is InChI=1S/C22H27N3O2S/c26-21(24-15-18-7-3-4-10-23-18)16-8-9-19-17(13-16)14-20(28-19)22(27)25-11-5-1-2-6-12-25/h3-4,7,10,14,16H,1-2,5-6,8-9,11-13,15H2,(H,24,26)/t16-/m1/s1. The first-order valence-corrected chi connectivity index (χ1v) is 11.1. The fourth-order valence-electron chi connectivity index (χ4n) is 4.11. The highest BCUT2D eigenvalue weighted by Crippen LogP contribution is 2.33. The van der Waals surface area contributed by atoms with Gasteiger partial charge in [-0.25, -0.2) is 0 Å². The van der Waals surface area contributed by atoms with E-state index < -0.39 is 0 Å². The van der Waals surface area contributed by atoms with Gasteiger partial charge in [0.15, 0.2) is 0 Å².